The highest BCUT2D eigenvalue weighted by molar-refractivity contribution is 14.0. The lowest BCUT2D eigenvalue weighted by Gasteiger charge is -2.33. The highest BCUT2D eigenvalue weighted by atomic mass is 127. The van der Waals surface area contributed by atoms with Gasteiger partial charge in [0.05, 0.1) is 0 Å². The van der Waals surface area contributed by atoms with Gasteiger partial charge in [-0.3, -0.25) is 4.99 Å². The van der Waals surface area contributed by atoms with E-state index < -0.39 is 0 Å². The molecule has 8 nitrogen and oxygen atoms in total. The van der Waals surface area contributed by atoms with E-state index in [1.54, 1.807) is 6.33 Å². The average Bonchev–Trinajstić information content (AvgIpc) is 3.19. The first kappa shape index (κ1) is 27.1. The van der Waals surface area contributed by atoms with Crippen molar-refractivity contribution in [3.63, 3.8) is 0 Å². The number of nitrogens with one attached hydrogen (secondary N) is 2. The summed E-state index contributed by atoms with van der Waals surface area (Å²) in [5.74, 6) is 1.91. The van der Waals surface area contributed by atoms with E-state index in [4.69, 9.17) is 9.73 Å². The number of guanidine groups is 1. The molecular formula is C21H42IN7O. The maximum atomic E-state index is 5.41. The van der Waals surface area contributed by atoms with Gasteiger partial charge >= 0.3 is 0 Å². The summed E-state index contributed by atoms with van der Waals surface area (Å²) in [5.41, 5.74) is 0. The summed E-state index contributed by atoms with van der Waals surface area (Å²) in [4.78, 5) is 7.34. The largest absolute Gasteiger partial charge is 0.382 e. The van der Waals surface area contributed by atoms with Crippen molar-refractivity contribution in [2.24, 2.45) is 4.99 Å². The Morgan fingerprint density at radius 2 is 2.03 bits per heavy atom. The van der Waals surface area contributed by atoms with Crippen LogP contribution < -0.4 is 10.6 Å². The van der Waals surface area contributed by atoms with Gasteiger partial charge in [0.25, 0.3) is 0 Å². The molecule has 2 rings (SSSR count). The highest BCUT2D eigenvalue weighted by Gasteiger charge is 2.17. The van der Waals surface area contributed by atoms with Gasteiger partial charge in [-0.1, -0.05) is 13.3 Å². The Morgan fingerprint density at radius 3 is 2.80 bits per heavy atom. The molecule has 0 radical (unpaired) electrons. The molecule has 30 heavy (non-hydrogen) atoms. The van der Waals surface area contributed by atoms with E-state index >= 15 is 0 Å². The quantitative estimate of drug-likeness (QED) is 0.175. The van der Waals surface area contributed by atoms with E-state index in [0.29, 0.717) is 0 Å². The maximum absolute atomic E-state index is 5.41. The summed E-state index contributed by atoms with van der Waals surface area (Å²) in [6, 6.07) is 0.727. The van der Waals surface area contributed by atoms with Gasteiger partial charge in [0.1, 0.15) is 12.2 Å². The first-order valence-electron chi connectivity index (χ1n) is 11.4. The van der Waals surface area contributed by atoms with Crippen LogP contribution in [0.15, 0.2) is 11.3 Å². The SMILES string of the molecule is CCOCCCN=C(NCCCN1CCCCC1C)NCCn1cnnc1CC.I. The molecule has 1 aromatic rings. The first-order chi connectivity index (χ1) is 14.2. The number of aryl methyl sites for hydroxylation is 1. The Labute approximate surface area is 199 Å². The van der Waals surface area contributed by atoms with Crippen LogP contribution in [0.3, 0.4) is 0 Å². The molecule has 0 bridgehead atoms. The van der Waals surface area contributed by atoms with Crippen LogP contribution in [-0.2, 0) is 17.7 Å². The van der Waals surface area contributed by atoms with Crippen LogP contribution in [0.4, 0.5) is 0 Å². The fraction of sp³-hybridized carbons (Fsp3) is 0.857. The molecule has 174 valence electrons. The van der Waals surface area contributed by atoms with Crippen molar-refractivity contribution in [1.82, 2.24) is 30.3 Å². The maximum Gasteiger partial charge on any atom is 0.191 e. The van der Waals surface area contributed by atoms with E-state index in [1.165, 1.54) is 25.8 Å². The second-order valence-electron chi connectivity index (χ2n) is 7.66. The fourth-order valence-electron chi connectivity index (χ4n) is 3.69. The van der Waals surface area contributed by atoms with E-state index in [2.05, 4.69) is 44.1 Å². The van der Waals surface area contributed by atoms with Crippen molar-refractivity contribution >= 4 is 29.9 Å². The first-order valence-corrected chi connectivity index (χ1v) is 11.4. The summed E-state index contributed by atoms with van der Waals surface area (Å²) in [6.45, 7) is 13.8. The molecule has 1 aromatic heterocycles. The molecule has 1 saturated heterocycles. The number of hydrogen-bond donors (Lipinski definition) is 2. The van der Waals surface area contributed by atoms with Crippen molar-refractivity contribution in [3.8, 4) is 0 Å². The molecule has 0 spiro atoms. The number of hydrogen-bond acceptors (Lipinski definition) is 5. The number of ether oxygens (including phenoxy) is 1. The molecular weight excluding hydrogens is 493 g/mol. The normalized spacial score (nSPS) is 17.6. The minimum Gasteiger partial charge on any atom is -0.382 e. The molecule has 9 heteroatoms. The Hall–Kier alpha value is -0.940. The van der Waals surface area contributed by atoms with Gasteiger partial charge < -0.3 is 24.8 Å². The zero-order valence-electron chi connectivity index (χ0n) is 19.1. The Morgan fingerprint density at radius 1 is 1.20 bits per heavy atom. The standard InChI is InChI=1S/C21H41N7O.HI/c1-4-20-26-25-18-28(20)16-13-24-21(23-12-9-17-29-5-2)22-11-8-15-27-14-7-6-10-19(27)3;/h18-19H,4-17H2,1-3H3,(H2,22,23,24);1H. The third kappa shape index (κ3) is 10.4. The van der Waals surface area contributed by atoms with Crippen LogP contribution in [0, 0.1) is 0 Å². The van der Waals surface area contributed by atoms with Crippen molar-refractivity contribution in [3.05, 3.63) is 12.2 Å². The van der Waals surface area contributed by atoms with Gasteiger partial charge in [-0.15, -0.1) is 34.2 Å². The number of aliphatic imine (C=N–C) groups is 1. The second kappa shape index (κ2) is 16.7. The van der Waals surface area contributed by atoms with Crippen LogP contribution >= 0.6 is 24.0 Å². The summed E-state index contributed by atoms with van der Waals surface area (Å²) in [7, 11) is 0. The Bertz CT molecular complexity index is 581. The van der Waals surface area contributed by atoms with Gasteiger partial charge in [-0.25, -0.2) is 0 Å². The molecule has 2 heterocycles. The van der Waals surface area contributed by atoms with E-state index in [0.717, 1.165) is 83.0 Å². The van der Waals surface area contributed by atoms with Crippen molar-refractivity contribution in [2.45, 2.75) is 71.9 Å². The van der Waals surface area contributed by atoms with E-state index in [1.807, 2.05) is 6.92 Å². The fourth-order valence-corrected chi connectivity index (χ4v) is 3.69. The number of nitrogens with zero attached hydrogens (tertiary/aromatic N) is 5. The smallest absolute Gasteiger partial charge is 0.191 e. The molecule has 2 N–H and O–H groups in total. The van der Waals surface area contributed by atoms with Crippen molar-refractivity contribution < 1.29 is 4.74 Å². The van der Waals surface area contributed by atoms with Crippen LogP contribution in [0.25, 0.3) is 0 Å². The minimum atomic E-state index is 0. The molecule has 0 aromatic carbocycles. The number of piperidine rings is 1. The van der Waals surface area contributed by atoms with Gasteiger partial charge in [0.2, 0.25) is 0 Å². The summed E-state index contributed by atoms with van der Waals surface area (Å²) < 4.78 is 7.51. The minimum absolute atomic E-state index is 0. The number of aromatic nitrogens is 3. The third-order valence-corrected chi connectivity index (χ3v) is 5.43. The molecule has 0 saturated carbocycles. The van der Waals surface area contributed by atoms with Gasteiger partial charge in [-0.05, 0) is 46.1 Å². The number of rotatable bonds is 13. The average molecular weight is 536 g/mol. The molecule has 1 aliphatic rings. The molecule has 0 amide bonds. The van der Waals surface area contributed by atoms with Crippen molar-refractivity contribution in [2.75, 3.05) is 45.9 Å². The topological polar surface area (TPSA) is 79.6 Å². The summed E-state index contributed by atoms with van der Waals surface area (Å²) in [6.07, 6.45) is 8.83. The lowest BCUT2D eigenvalue weighted by Crippen LogP contribution is -2.42. The zero-order valence-corrected chi connectivity index (χ0v) is 21.4. The molecule has 1 atom stereocenters. The Balaban J connectivity index is 0.00000450. The molecule has 1 fully saturated rings. The van der Waals surface area contributed by atoms with Gasteiger partial charge in [0.15, 0.2) is 5.96 Å². The van der Waals surface area contributed by atoms with Gasteiger partial charge in [0, 0.05) is 58.4 Å². The Kier molecular flexibility index (Phi) is 15.1. The lowest BCUT2D eigenvalue weighted by molar-refractivity contribution is 0.146. The molecule has 1 aliphatic heterocycles. The highest BCUT2D eigenvalue weighted by Crippen LogP contribution is 2.15. The van der Waals surface area contributed by atoms with Crippen molar-refractivity contribution in [1.29, 1.82) is 0 Å². The van der Waals surface area contributed by atoms with Crippen LogP contribution in [-0.4, -0.2) is 77.6 Å². The number of likely N-dealkylation sites (tertiary alicyclic amines) is 1. The van der Waals surface area contributed by atoms with E-state index in [-0.39, 0.29) is 24.0 Å². The summed E-state index contributed by atoms with van der Waals surface area (Å²) in [5, 5.41) is 15.1. The predicted molar refractivity (Wildman–Crippen MR) is 134 cm³/mol. The summed E-state index contributed by atoms with van der Waals surface area (Å²) >= 11 is 0. The monoisotopic (exact) mass is 535 g/mol. The predicted octanol–water partition coefficient (Wildman–Crippen LogP) is 2.68. The third-order valence-electron chi connectivity index (χ3n) is 5.43. The number of halogens is 1. The van der Waals surface area contributed by atoms with Crippen LogP contribution in [0.5, 0.6) is 0 Å². The lowest BCUT2D eigenvalue weighted by atomic mass is 10.0. The molecule has 0 aliphatic carbocycles. The zero-order chi connectivity index (χ0) is 20.7. The molecule has 1 unspecified atom stereocenters. The van der Waals surface area contributed by atoms with Crippen LogP contribution in [0.2, 0.25) is 0 Å². The second-order valence-corrected chi connectivity index (χ2v) is 7.66. The van der Waals surface area contributed by atoms with E-state index in [9.17, 15) is 0 Å². The van der Waals surface area contributed by atoms with Crippen LogP contribution in [0.1, 0.15) is 58.7 Å². The van der Waals surface area contributed by atoms with Gasteiger partial charge in [-0.2, -0.15) is 0 Å².